The van der Waals surface area contributed by atoms with E-state index in [1.165, 1.54) is 6.33 Å². The third-order valence-corrected chi connectivity index (χ3v) is 2.82. The Hall–Kier alpha value is -1.53. The summed E-state index contributed by atoms with van der Waals surface area (Å²) in [5, 5.41) is 6.24. The van der Waals surface area contributed by atoms with Crippen LogP contribution >= 0.6 is 0 Å². The smallest absolute Gasteiger partial charge is 0.370 e. The molecular formula is C13H21F3N4. The van der Waals surface area contributed by atoms with E-state index in [0.717, 1.165) is 24.3 Å². The van der Waals surface area contributed by atoms with Gasteiger partial charge >= 0.3 is 6.18 Å². The summed E-state index contributed by atoms with van der Waals surface area (Å²) in [6.07, 6.45) is -2.00. The van der Waals surface area contributed by atoms with Gasteiger partial charge in [0.2, 0.25) is 0 Å². The molecule has 0 fully saturated rings. The van der Waals surface area contributed by atoms with Crippen LogP contribution in [0.2, 0.25) is 0 Å². The lowest BCUT2D eigenvalue weighted by molar-refractivity contribution is -0.135. The SMILES string of the molecule is CCNc1ncnc(NCCCCC(F)(F)F)c1CC. The van der Waals surface area contributed by atoms with Gasteiger partial charge in [0.1, 0.15) is 18.0 Å². The van der Waals surface area contributed by atoms with Gasteiger partial charge in [0, 0.05) is 25.1 Å². The molecule has 20 heavy (non-hydrogen) atoms. The summed E-state index contributed by atoms with van der Waals surface area (Å²) in [5.41, 5.74) is 0.963. The monoisotopic (exact) mass is 290 g/mol. The number of unbranched alkanes of at least 4 members (excludes halogenated alkanes) is 1. The number of nitrogens with zero attached hydrogens (tertiary/aromatic N) is 2. The Labute approximate surface area is 117 Å². The van der Waals surface area contributed by atoms with Crippen LogP contribution in [0.4, 0.5) is 24.8 Å². The number of anilines is 2. The first-order valence-electron chi connectivity index (χ1n) is 6.86. The van der Waals surface area contributed by atoms with Crippen LogP contribution in [-0.2, 0) is 6.42 Å². The Balaban J connectivity index is 2.49. The zero-order valence-corrected chi connectivity index (χ0v) is 11.8. The molecule has 0 aliphatic rings. The summed E-state index contributed by atoms with van der Waals surface area (Å²) in [5.74, 6) is 1.48. The van der Waals surface area contributed by atoms with Crippen molar-refractivity contribution in [3.05, 3.63) is 11.9 Å². The van der Waals surface area contributed by atoms with E-state index in [-0.39, 0.29) is 6.42 Å². The van der Waals surface area contributed by atoms with Crippen molar-refractivity contribution in [2.45, 2.75) is 45.7 Å². The largest absolute Gasteiger partial charge is 0.389 e. The lowest BCUT2D eigenvalue weighted by Crippen LogP contribution is -2.12. The van der Waals surface area contributed by atoms with Gasteiger partial charge in [-0.15, -0.1) is 0 Å². The van der Waals surface area contributed by atoms with Gasteiger partial charge in [-0.1, -0.05) is 6.92 Å². The van der Waals surface area contributed by atoms with Crippen molar-refractivity contribution in [3.8, 4) is 0 Å². The summed E-state index contributed by atoms with van der Waals surface area (Å²) in [4.78, 5) is 8.32. The van der Waals surface area contributed by atoms with Crippen LogP contribution in [0.1, 0.15) is 38.7 Å². The van der Waals surface area contributed by atoms with Crippen molar-refractivity contribution in [1.29, 1.82) is 0 Å². The average Bonchev–Trinajstić information content (AvgIpc) is 2.37. The Bertz CT molecular complexity index is 407. The zero-order valence-electron chi connectivity index (χ0n) is 11.8. The van der Waals surface area contributed by atoms with Gasteiger partial charge < -0.3 is 10.6 Å². The second kappa shape index (κ2) is 7.91. The van der Waals surface area contributed by atoms with Gasteiger partial charge in [-0.25, -0.2) is 9.97 Å². The van der Waals surface area contributed by atoms with E-state index < -0.39 is 12.6 Å². The van der Waals surface area contributed by atoms with E-state index in [9.17, 15) is 13.2 Å². The quantitative estimate of drug-likeness (QED) is 0.718. The minimum atomic E-state index is -4.07. The number of hydrogen-bond acceptors (Lipinski definition) is 4. The maximum absolute atomic E-state index is 12.0. The van der Waals surface area contributed by atoms with E-state index >= 15 is 0 Å². The minimum Gasteiger partial charge on any atom is -0.370 e. The van der Waals surface area contributed by atoms with Crippen LogP contribution < -0.4 is 10.6 Å². The Kier molecular flexibility index (Phi) is 6.54. The normalized spacial score (nSPS) is 11.4. The van der Waals surface area contributed by atoms with Crippen molar-refractivity contribution in [1.82, 2.24) is 9.97 Å². The highest BCUT2D eigenvalue weighted by atomic mass is 19.4. The van der Waals surface area contributed by atoms with Crippen LogP contribution in [0.5, 0.6) is 0 Å². The second-order valence-corrected chi connectivity index (χ2v) is 4.43. The molecule has 0 unspecified atom stereocenters. The van der Waals surface area contributed by atoms with Gasteiger partial charge in [-0.05, 0) is 26.2 Å². The standard InChI is InChI=1S/C13H21F3N4/c1-3-10-11(17-4-2)19-9-20-12(10)18-8-6-5-7-13(14,15)16/h9H,3-8H2,1-2H3,(H2,17,18,19,20). The van der Waals surface area contributed by atoms with Crippen LogP contribution in [0.3, 0.4) is 0 Å². The van der Waals surface area contributed by atoms with Crippen molar-refractivity contribution in [3.63, 3.8) is 0 Å². The fourth-order valence-corrected chi connectivity index (χ4v) is 1.88. The van der Waals surface area contributed by atoms with E-state index in [1.54, 1.807) is 0 Å². The maximum Gasteiger partial charge on any atom is 0.389 e. The predicted molar refractivity (Wildman–Crippen MR) is 74.0 cm³/mol. The van der Waals surface area contributed by atoms with Crippen molar-refractivity contribution in [2.75, 3.05) is 23.7 Å². The Morgan fingerprint density at radius 1 is 1.05 bits per heavy atom. The number of aromatic nitrogens is 2. The average molecular weight is 290 g/mol. The molecule has 1 aromatic rings. The van der Waals surface area contributed by atoms with E-state index in [4.69, 9.17) is 0 Å². The fraction of sp³-hybridized carbons (Fsp3) is 0.692. The topological polar surface area (TPSA) is 49.8 Å². The summed E-state index contributed by atoms with van der Waals surface area (Å²) in [6, 6.07) is 0. The molecule has 4 nitrogen and oxygen atoms in total. The number of nitrogens with one attached hydrogen (secondary N) is 2. The van der Waals surface area contributed by atoms with Crippen LogP contribution in [0.15, 0.2) is 6.33 Å². The first kappa shape index (κ1) is 16.5. The summed E-state index contributed by atoms with van der Waals surface area (Å²) in [7, 11) is 0. The van der Waals surface area contributed by atoms with Crippen LogP contribution in [-0.4, -0.2) is 29.2 Å². The molecule has 0 aromatic carbocycles. The molecule has 0 aliphatic heterocycles. The molecule has 114 valence electrons. The van der Waals surface area contributed by atoms with Crippen molar-refractivity contribution < 1.29 is 13.2 Å². The molecule has 0 atom stereocenters. The number of hydrogen-bond donors (Lipinski definition) is 2. The molecule has 0 saturated heterocycles. The van der Waals surface area contributed by atoms with Gasteiger partial charge in [-0.3, -0.25) is 0 Å². The van der Waals surface area contributed by atoms with Crippen LogP contribution in [0.25, 0.3) is 0 Å². The number of alkyl halides is 3. The zero-order chi connectivity index (χ0) is 15.0. The van der Waals surface area contributed by atoms with Gasteiger partial charge in [-0.2, -0.15) is 13.2 Å². The molecule has 0 radical (unpaired) electrons. The maximum atomic E-state index is 12.0. The Morgan fingerprint density at radius 2 is 1.70 bits per heavy atom. The minimum absolute atomic E-state index is 0.128. The summed E-state index contributed by atoms with van der Waals surface area (Å²) >= 11 is 0. The third-order valence-electron chi connectivity index (χ3n) is 2.82. The van der Waals surface area contributed by atoms with Crippen molar-refractivity contribution >= 4 is 11.6 Å². The predicted octanol–water partition coefficient (Wildman–Crippen LogP) is 3.62. The summed E-state index contributed by atoms with van der Waals surface area (Å²) < 4.78 is 36.0. The molecule has 0 spiro atoms. The molecule has 0 amide bonds. The third kappa shape index (κ3) is 5.63. The van der Waals surface area contributed by atoms with Crippen LogP contribution in [0, 0.1) is 0 Å². The lowest BCUT2D eigenvalue weighted by atomic mass is 10.2. The number of rotatable bonds is 8. The fourth-order valence-electron chi connectivity index (χ4n) is 1.88. The molecule has 1 rings (SSSR count). The van der Waals surface area contributed by atoms with E-state index in [0.29, 0.717) is 18.8 Å². The molecule has 0 aliphatic carbocycles. The Morgan fingerprint density at radius 3 is 2.25 bits per heavy atom. The highest BCUT2D eigenvalue weighted by molar-refractivity contribution is 5.57. The second-order valence-electron chi connectivity index (χ2n) is 4.43. The molecule has 1 heterocycles. The molecule has 0 bridgehead atoms. The first-order valence-corrected chi connectivity index (χ1v) is 6.86. The highest BCUT2D eigenvalue weighted by Crippen LogP contribution is 2.23. The van der Waals surface area contributed by atoms with E-state index in [2.05, 4.69) is 20.6 Å². The number of halogens is 3. The van der Waals surface area contributed by atoms with Gasteiger partial charge in [0.15, 0.2) is 0 Å². The molecule has 7 heteroatoms. The summed E-state index contributed by atoms with van der Waals surface area (Å²) in [6.45, 7) is 5.21. The van der Waals surface area contributed by atoms with Gasteiger partial charge in [0.05, 0.1) is 0 Å². The first-order chi connectivity index (χ1) is 9.48. The molecule has 2 N–H and O–H groups in total. The van der Waals surface area contributed by atoms with Gasteiger partial charge in [0.25, 0.3) is 0 Å². The molecule has 0 saturated carbocycles. The van der Waals surface area contributed by atoms with Crippen molar-refractivity contribution in [2.24, 2.45) is 0 Å². The lowest BCUT2D eigenvalue weighted by Gasteiger charge is -2.13. The molecule has 1 aromatic heterocycles. The van der Waals surface area contributed by atoms with E-state index in [1.807, 2.05) is 13.8 Å². The highest BCUT2D eigenvalue weighted by Gasteiger charge is 2.25. The molecular weight excluding hydrogens is 269 g/mol.